The number of carbonyl (C=O) groups is 2. The van der Waals surface area contributed by atoms with E-state index in [1.165, 1.54) is 0 Å². The van der Waals surface area contributed by atoms with Crippen LogP contribution in [0.15, 0.2) is 54.6 Å². The van der Waals surface area contributed by atoms with Gasteiger partial charge in [-0.25, -0.2) is 0 Å². The summed E-state index contributed by atoms with van der Waals surface area (Å²) >= 11 is 0. The second-order valence-electron chi connectivity index (χ2n) is 6.11. The van der Waals surface area contributed by atoms with E-state index in [1.54, 1.807) is 19.1 Å². The zero-order valence-corrected chi connectivity index (χ0v) is 14.9. The molecule has 0 bridgehead atoms. The number of amides is 1. The Morgan fingerprint density at radius 3 is 2.50 bits per heavy atom. The van der Waals surface area contributed by atoms with Crippen LogP contribution in [-0.2, 0) is 16.0 Å². The summed E-state index contributed by atoms with van der Waals surface area (Å²) in [5, 5.41) is 3.97. The minimum Gasteiger partial charge on any atom is -0.466 e. The van der Waals surface area contributed by atoms with E-state index in [4.69, 9.17) is 4.74 Å². The van der Waals surface area contributed by atoms with Gasteiger partial charge in [-0.3, -0.25) is 9.59 Å². The molecule has 0 aliphatic heterocycles. The second-order valence-corrected chi connectivity index (χ2v) is 6.11. The monoisotopic (exact) mass is 350 g/mol. The molecule has 0 fully saturated rings. The van der Waals surface area contributed by atoms with Crippen molar-refractivity contribution < 1.29 is 14.3 Å². The van der Waals surface area contributed by atoms with Crippen molar-refractivity contribution in [3.05, 3.63) is 71.4 Å². The van der Waals surface area contributed by atoms with Crippen molar-refractivity contribution >= 4 is 22.8 Å². The number of fused-ring (bicyclic) bond motifs is 1. The zero-order chi connectivity index (χ0) is 18.5. The van der Waals surface area contributed by atoms with Crippen molar-refractivity contribution in [1.29, 1.82) is 0 Å². The Bertz CT molecular complexity index is 915. The molecule has 3 rings (SSSR count). The molecule has 1 amide bonds. The first-order valence-corrected chi connectivity index (χ1v) is 8.71. The van der Waals surface area contributed by atoms with E-state index in [1.807, 2.05) is 49.4 Å². The lowest BCUT2D eigenvalue weighted by Gasteiger charge is -2.15. The van der Waals surface area contributed by atoms with Crippen molar-refractivity contribution in [1.82, 2.24) is 10.3 Å². The summed E-state index contributed by atoms with van der Waals surface area (Å²) in [5.74, 6) is -0.432. The molecule has 1 unspecified atom stereocenters. The summed E-state index contributed by atoms with van der Waals surface area (Å²) in [4.78, 5) is 27.9. The van der Waals surface area contributed by atoms with Crippen LogP contribution in [0.1, 0.15) is 41.5 Å². The van der Waals surface area contributed by atoms with Crippen LogP contribution in [0.5, 0.6) is 0 Å². The van der Waals surface area contributed by atoms with Gasteiger partial charge in [0.1, 0.15) is 0 Å². The summed E-state index contributed by atoms with van der Waals surface area (Å²) in [6.45, 7) is 4.04. The van der Waals surface area contributed by atoms with E-state index < -0.39 is 0 Å². The number of esters is 1. The number of rotatable bonds is 6. The maximum Gasteiger partial charge on any atom is 0.310 e. The van der Waals surface area contributed by atoms with Crippen LogP contribution >= 0.6 is 0 Å². The molecule has 134 valence electrons. The molecule has 2 N–H and O–H groups in total. The Hall–Kier alpha value is -3.08. The quantitative estimate of drug-likeness (QED) is 0.665. The Morgan fingerprint density at radius 2 is 1.77 bits per heavy atom. The van der Waals surface area contributed by atoms with Gasteiger partial charge in [0, 0.05) is 22.2 Å². The summed E-state index contributed by atoms with van der Waals surface area (Å²) in [7, 11) is 0. The van der Waals surface area contributed by atoms with Gasteiger partial charge in [0.25, 0.3) is 5.91 Å². The Balaban J connectivity index is 1.90. The third-order valence-electron chi connectivity index (χ3n) is 4.29. The Kier molecular flexibility index (Phi) is 5.37. The fourth-order valence-corrected chi connectivity index (χ4v) is 3.08. The van der Waals surface area contributed by atoms with E-state index >= 15 is 0 Å². The molecule has 0 radical (unpaired) electrons. The molecule has 0 aliphatic carbocycles. The normalized spacial score (nSPS) is 11.9. The number of nitrogens with one attached hydrogen (secondary N) is 2. The number of hydrogen-bond donors (Lipinski definition) is 2. The van der Waals surface area contributed by atoms with E-state index in [0.29, 0.717) is 12.2 Å². The number of benzene rings is 2. The SMILES string of the molecule is CCOC(=O)Cc1c(C(C)NC(=O)c2ccccc2)[nH]c2ccccc12. The van der Waals surface area contributed by atoms with Gasteiger partial charge in [-0.1, -0.05) is 36.4 Å². The first-order chi connectivity index (χ1) is 12.6. The van der Waals surface area contributed by atoms with Crippen LogP contribution in [0, 0.1) is 0 Å². The van der Waals surface area contributed by atoms with Gasteiger partial charge in [-0.2, -0.15) is 0 Å². The maximum atomic E-state index is 12.5. The molecule has 1 heterocycles. The largest absolute Gasteiger partial charge is 0.466 e. The van der Waals surface area contributed by atoms with Crippen molar-refractivity contribution in [2.45, 2.75) is 26.3 Å². The number of para-hydroxylation sites is 1. The molecule has 2 aromatic carbocycles. The highest BCUT2D eigenvalue weighted by molar-refractivity contribution is 5.95. The maximum absolute atomic E-state index is 12.5. The molecule has 0 spiro atoms. The highest BCUT2D eigenvalue weighted by Crippen LogP contribution is 2.27. The van der Waals surface area contributed by atoms with Gasteiger partial charge >= 0.3 is 5.97 Å². The fraction of sp³-hybridized carbons (Fsp3) is 0.238. The van der Waals surface area contributed by atoms with Crippen LogP contribution < -0.4 is 5.32 Å². The minimum atomic E-state index is -0.278. The van der Waals surface area contributed by atoms with Gasteiger partial charge in [-0.05, 0) is 37.6 Å². The van der Waals surface area contributed by atoms with Crippen molar-refractivity contribution in [2.24, 2.45) is 0 Å². The summed E-state index contributed by atoms with van der Waals surface area (Å²) in [6, 6.07) is 16.6. The predicted molar refractivity (Wildman–Crippen MR) is 101 cm³/mol. The molecule has 5 nitrogen and oxygen atoms in total. The molecule has 0 aliphatic rings. The second kappa shape index (κ2) is 7.87. The predicted octanol–water partition coefficient (Wildman–Crippen LogP) is 3.76. The van der Waals surface area contributed by atoms with E-state index in [9.17, 15) is 9.59 Å². The number of H-pyrrole nitrogens is 1. The number of ether oxygens (including phenoxy) is 1. The molecular formula is C21H22N2O3. The highest BCUT2D eigenvalue weighted by Gasteiger charge is 2.21. The van der Waals surface area contributed by atoms with E-state index in [-0.39, 0.29) is 24.3 Å². The molecule has 1 atom stereocenters. The molecule has 0 saturated heterocycles. The lowest BCUT2D eigenvalue weighted by atomic mass is 10.0. The number of hydrogen-bond acceptors (Lipinski definition) is 3. The third kappa shape index (κ3) is 3.77. The number of aromatic amines is 1. The molecular weight excluding hydrogens is 328 g/mol. The first kappa shape index (κ1) is 17.7. The van der Waals surface area contributed by atoms with Crippen LogP contribution in [0.3, 0.4) is 0 Å². The average molecular weight is 350 g/mol. The van der Waals surface area contributed by atoms with Crippen molar-refractivity contribution in [2.75, 3.05) is 6.61 Å². The summed E-state index contributed by atoms with van der Waals surface area (Å²) in [6.07, 6.45) is 0.165. The topological polar surface area (TPSA) is 71.2 Å². The first-order valence-electron chi connectivity index (χ1n) is 8.71. The average Bonchev–Trinajstić information content (AvgIpc) is 3.01. The molecule has 3 aromatic rings. The smallest absolute Gasteiger partial charge is 0.310 e. The van der Waals surface area contributed by atoms with Gasteiger partial charge in [0.2, 0.25) is 0 Å². The van der Waals surface area contributed by atoms with Crippen LogP contribution in [0.25, 0.3) is 10.9 Å². The summed E-state index contributed by atoms with van der Waals surface area (Å²) < 4.78 is 5.11. The third-order valence-corrected chi connectivity index (χ3v) is 4.29. The van der Waals surface area contributed by atoms with Crippen molar-refractivity contribution in [3.63, 3.8) is 0 Å². The van der Waals surface area contributed by atoms with Crippen LogP contribution in [-0.4, -0.2) is 23.5 Å². The van der Waals surface area contributed by atoms with Gasteiger partial charge in [0.15, 0.2) is 0 Å². The number of carbonyl (C=O) groups excluding carboxylic acids is 2. The standard InChI is InChI=1S/C21H22N2O3/c1-3-26-19(24)13-17-16-11-7-8-12-18(16)23-20(17)14(2)22-21(25)15-9-5-4-6-10-15/h4-12,14,23H,3,13H2,1-2H3,(H,22,25). The Morgan fingerprint density at radius 1 is 1.08 bits per heavy atom. The van der Waals surface area contributed by atoms with E-state index in [2.05, 4.69) is 10.3 Å². The molecule has 0 saturated carbocycles. The number of aromatic nitrogens is 1. The molecule has 1 aromatic heterocycles. The van der Waals surface area contributed by atoms with Crippen molar-refractivity contribution in [3.8, 4) is 0 Å². The van der Waals surface area contributed by atoms with Crippen LogP contribution in [0.4, 0.5) is 0 Å². The van der Waals surface area contributed by atoms with E-state index in [0.717, 1.165) is 22.2 Å². The summed E-state index contributed by atoms with van der Waals surface area (Å²) in [5.41, 5.74) is 3.22. The molecule has 5 heteroatoms. The minimum absolute atomic E-state index is 0.154. The Labute approximate surface area is 152 Å². The van der Waals surface area contributed by atoms with Crippen LogP contribution in [0.2, 0.25) is 0 Å². The van der Waals surface area contributed by atoms with Gasteiger partial charge < -0.3 is 15.0 Å². The highest BCUT2D eigenvalue weighted by atomic mass is 16.5. The molecule has 26 heavy (non-hydrogen) atoms. The lowest BCUT2D eigenvalue weighted by molar-refractivity contribution is -0.142. The van der Waals surface area contributed by atoms with Gasteiger partial charge in [-0.15, -0.1) is 0 Å². The lowest BCUT2D eigenvalue weighted by Crippen LogP contribution is -2.27. The fourth-order valence-electron chi connectivity index (χ4n) is 3.08. The zero-order valence-electron chi connectivity index (χ0n) is 14.9. The van der Waals surface area contributed by atoms with Gasteiger partial charge in [0.05, 0.1) is 19.1 Å².